The van der Waals surface area contributed by atoms with Gasteiger partial charge in [-0.2, -0.15) is 0 Å². The van der Waals surface area contributed by atoms with Gasteiger partial charge in [-0.05, 0) is 36.8 Å². The number of hydrogen-bond acceptors (Lipinski definition) is 1. The first-order valence-corrected chi connectivity index (χ1v) is 6.65. The lowest BCUT2D eigenvalue weighted by Gasteiger charge is -2.37. The maximum Gasteiger partial charge on any atom is 0.329 e. The summed E-state index contributed by atoms with van der Waals surface area (Å²) in [6.45, 7) is 8.13. The van der Waals surface area contributed by atoms with Crippen molar-refractivity contribution in [3.8, 4) is 0 Å². The third kappa shape index (κ3) is 2.64. The Morgan fingerprint density at radius 2 is 2.09 bits per heavy atom. The van der Waals surface area contributed by atoms with E-state index in [9.17, 15) is 18.0 Å². The van der Waals surface area contributed by atoms with E-state index in [1.807, 2.05) is 0 Å². The number of hydrogen-bond donors (Lipinski definition) is 0. The number of halogens is 3. The van der Waals surface area contributed by atoms with Crippen molar-refractivity contribution >= 4 is 11.7 Å². The first-order valence-electron chi connectivity index (χ1n) is 6.65. The molecule has 1 aromatic carbocycles. The summed E-state index contributed by atoms with van der Waals surface area (Å²) < 4.78 is 40.9. The van der Waals surface area contributed by atoms with Gasteiger partial charge in [-0.15, -0.1) is 0 Å². The highest BCUT2D eigenvalue weighted by molar-refractivity contribution is 5.96. The van der Waals surface area contributed by atoms with Crippen LogP contribution in [0.1, 0.15) is 12.5 Å². The highest BCUT2D eigenvalue weighted by atomic mass is 19.1. The summed E-state index contributed by atoms with van der Waals surface area (Å²) in [5.74, 6) is -2.59. The minimum Gasteiger partial charge on any atom is -0.294 e. The van der Waals surface area contributed by atoms with Gasteiger partial charge >= 0.3 is 6.03 Å². The van der Waals surface area contributed by atoms with E-state index in [2.05, 4.69) is 13.2 Å². The molecule has 0 aromatic heterocycles. The molecule has 0 N–H and O–H groups in total. The van der Waals surface area contributed by atoms with Crippen LogP contribution in [0.3, 0.4) is 0 Å². The summed E-state index contributed by atoms with van der Waals surface area (Å²) in [5, 5.41) is 0. The maximum absolute atomic E-state index is 13.9. The standard InChI is InChI=1S/C16H15F3N2O/c1-4-13(19)15(10(3)17)21-9-11-8-12(18)6-7-14(11)20(5-2)16(21)22/h4,6-8H,1,3,5,9H2,2H3/b15-13-. The average Bonchev–Trinajstić information content (AvgIpc) is 2.47. The molecule has 22 heavy (non-hydrogen) atoms. The quantitative estimate of drug-likeness (QED) is 0.754. The van der Waals surface area contributed by atoms with Gasteiger partial charge in [-0.25, -0.2) is 18.0 Å². The number of allylic oxidation sites excluding steroid dienone is 3. The van der Waals surface area contributed by atoms with Gasteiger partial charge in [-0.3, -0.25) is 9.80 Å². The molecule has 0 bridgehead atoms. The van der Waals surface area contributed by atoms with Gasteiger partial charge in [-0.1, -0.05) is 13.2 Å². The molecule has 3 nitrogen and oxygen atoms in total. The topological polar surface area (TPSA) is 23.6 Å². The molecule has 0 saturated heterocycles. The fourth-order valence-corrected chi connectivity index (χ4v) is 2.41. The van der Waals surface area contributed by atoms with E-state index in [4.69, 9.17) is 0 Å². The van der Waals surface area contributed by atoms with Crippen LogP contribution in [-0.2, 0) is 6.54 Å². The third-order valence-electron chi connectivity index (χ3n) is 3.37. The zero-order valence-electron chi connectivity index (χ0n) is 12.1. The highest BCUT2D eigenvalue weighted by Gasteiger charge is 2.34. The molecule has 0 atom stereocenters. The van der Waals surface area contributed by atoms with E-state index < -0.39 is 29.2 Å². The Kier molecular flexibility index (Phi) is 4.40. The molecule has 6 heteroatoms. The van der Waals surface area contributed by atoms with Gasteiger partial charge in [0.25, 0.3) is 0 Å². The first-order chi connectivity index (χ1) is 10.4. The van der Waals surface area contributed by atoms with Gasteiger partial charge in [0.1, 0.15) is 23.2 Å². The minimum absolute atomic E-state index is 0.151. The van der Waals surface area contributed by atoms with Crippen molar-refractivity contribution in [3.63, 3.8) is 0 Å². The van der Waals surface area contributed by atoms with Crippen molar-refractivity contribution in [3.05, 3.63) is 66.2 Å². The number of urea groups is 1. The smallest absolute Gasteiger partial charge is 0.294 e. The molecule has 0 unspecified atom stereocenters. The summed E-state index contributed by atoms with van der Waals surface area (Å²) >= 11 is 0. The third-order valence-corrected chi connectivity index (χ3v) is 3.37. The Balaban J connectivity index is 2.58. The molecule has 2 rings (SSSR count). The molecule has 116 valence electrons. The molecule has 2 amide bonds. The average molecular weight is 308 g/mol. The minimum atomic E-state index is -1.10. The molecule has 1 heterocycles. The number of rotatable bonds is 4. The van der Waals surface area contributed by atoms with Crippen molar-refractivity contribution in [2.75, 3.05) is 11.4 Å². The Morgan fingerprint density at radius 1 is 1.41 bits per heavy atom. The van der Waals surface area contributed by atoms with Crippen molar-refractivity contribution in [1.82, 2.24) is 4.90 Å². The number of fused-ring (bicyclic) bond motifs is 1. The Morgan fingerprint density at radius 3 is 2.64 bits per heavy atom. The van der Waals surface area contributed by atoms with Crippen LogP contribution in [0, 0.1) is 5.82 Å². The van der Waals surface area contributed by atoms with Crippen LogP contribution in [0.4, 0.5) is 23.7 Å². The molecule has 0 saturated carbocycles. The fraction of sp³-hybridized carbons (Fsp3) is 0.188. The normalized spacial score (nSPS) is 15.4. The van der Waals surface area contributed by atoms with Crippen LogP contribution < -0.4 is 4.90 Å². The van der Waals surface area contributed by atoms with Crippen LogP contribution in [0.2, 0.25) is 0 Å². The summed E-state index contributed by atoms with van der Waals surface area (Å²) in [6, 6.07) is 3.34. The zero-order valence-corrected chi connectivity index (χ0v) is 12.1. The molecule has 0 radical (unpaired) electrons. The molecule has 0 spiro atoms. The van der Waals surface area contributed by atoms with Gasteiger partial charge in [0.2, 0.25) is 0 Å². The number of amides is 2. The predicted molar refractivity (Wildman–Crippen MR) is 78.9 cm³/mol. The second-order valence-corrected chi connectivity index (χ2v) is 4.69. The molecule has 1 aromatic rings. The van der Waals surface area contributed by atoms with Gasteiger partial charge in [0.05, 0.1) is 12.2 Å². The summed E-state index contributed by atoms with van der Waals surface area (Å²) in [6.07, 6.45) is 0.796. The lowest BCUT2D eigenvalue weighted by atomic mass is 10.1. The highest BCUT2D eigenvalue weighted by Crippen LogP contribution is 2.34. The molecule has 0 fully saturated rings. The van der Waals surface area contributed by atoms with E-state index in [-0.39, 0.29) is 13.1 Å². The van der Waals surface area contributed by atoms with Crippen LogP contribution in [0.25, 0.3) is 0 Å². The second kappa shape index (κ2) is 6.09. The molecule has 0 aliphatic carbocycles. The Bertz CT molecular complexity index is 682. The lowest BCUT2D eigenvalue weighted by Crippen LogP contribution is -2.46. The van der Waals surface area contributed by atoms with E-state index in [0.717, 1.165) is 11.0 Å². The van der Waals surface area contributed by atoms with E-state index in [1.54, 1.807) is 6.92 Å². The fourth-order valence-electron chi connectivity index (χ4n) is 2.41. The number of anilines is 1. The van der Waals surface area contributed by atoms with E-state index in [0.29, 0.717) is 11.3 Å². The molecular weight excluding hydrogens is 293 g/mol. The van der Waals surface area contributed by atoms with Crippen LogP contribution in [0.15, 0.2) is 54.8 Å². The molecule has 1 aliphatic heterocycles. The Hall–Kier alpha value is -2.50. The lowest BCUT2D eigenvalue weighted by molar-refractivity contribution is 0.210. The summed E-state index contributed by atoms with van der Waals surface area (Å²) in [4.78, 5) is 14.7. The van der Waals surface area contributed by atoms with Gasteiger partial charge in [0, 0.05) is 6.54 Å². The van der Waals surface area contributed by atoms with E-state index >= 15 is 0 Å². The first kappa shape index (κ1) is 15.9. The van der Waals surface area contributed by atoms with Gasteiger partial charge in [0.15, 0.2) is 0 Å². The molecular formula is C16H15F3N2O. The zero-order chi connectivity index (χ0) is 16.4. The number of carbonyl (C=O) groups is 1. The second-order valence-electron chi connectivity index (χ2n) is 4.69. The van der Waals surface area contributed by atoms with Crippen molar-refractivity contribution in [2.24, 2.45) is 0 Å². The van der Waals surface area contributed by atoms with Crippen molar-refractivity contribution in [1.29, 1.82) is 0 Å². The van der Waals surface area contributed by atoms with Crippen molar-refractivity contribution < 1.29 is 18.0 Å². The van der Waals surface area contributed by atoms with Gasteiger partial charge < -0.3 is 0 Å². The van der Waals surface area contributed by atoms with E-state index in [1.165, 1.54) is 23.1 Å². The van der Waals surface area contributed by atoms with Crippen LogP contribution in [-0.4, -0.2) is 17.5 Å². The number of carbonyl (C=O) groups excluding carboxylic acids is 1. The number of benzene rings is 1. The predicted octanol–water partition coefficient (Wildman–Crippen LogP) is 4.44. The number of nitrogens with zero attached hydrogens (tertiary/aromatic N) is 2. The summed E-state index contributed by atoms with van der Waals surface area (Å²) in [7, 11) is 0. The monoisotopic (exact) mass is 308 g/mol. The molecule has 1 aliphatic rings. The van der Waals surface area contributed by atoms with Crippen LogP contribution >= 0.6 is 0 Å². The van der Waals surface area contributed by atoms with Crippen LogP contribution in [0.5, 0.6) is 0 Å². The Labute approximate surface area is 126 Å². The largest absolute Gasteiger partial charge is 0.329 e. The van der Waals surface area contributed by atoms with Crippen molar-refractivity contribution in [2.45, 2.75) is 13.5 Å². The summed E-state index contributed by atoms with van der Waals surface area (Å²) in [5.41, 5.74) is 0.387. The maximum atomic E-state index is 13.9. The SMILES string of the molecule is C=C/C(F)=C(\C(=C)F)N1Cc2cc(F)ccc2N(CC)C1=O.